The summed E-state index contributed by atoms with van der Waals surface area (Å²) in [6.45, 7) is 0.908. The van der Waals surface area contributed by atoms with Crippen molar-refractivity contribution in [3.8, 4) is 0 Å². The molecule has 1 aromatic rings. The van der Waals surface area contributed by atoms with Crippen molar-refractivity contribution in [1.29, 1.82) is 0 Å². The van der Waals surface area contributed by atoms with Crippen molar-refractivity contribution in [3.63, 3.8) is 0 Å². The van der Waals surface area contributed by atoms with E-state index in [9.17, 15) is 0 Å². The molecule has 0 bridgehead atoms. The maximum Gasteiger partial charge on any atom is 0.140 e. The van der Waals surface area contributed by atoms with Gasteiger partial charge in [-0.1, -0.05) is 11.6 Å². The lowest BCUT2D eigenvalue weighted by Gasteiger charge is -2.21. The van der Waals surface area contributed by atoms with Crippen LogP contribution in [0.2, 0.25) is 5.02 Å². The SMILES string of the molecule is Nc1c(Cl)cnn1CC1CCCSC1. The van der Waals surface area contributed by atoms with Crippen LogP contribution < -0.4 is 5.73 Å². The van der Waals surface area contributed by atoms with Crippen molar-refractivity contribution < 1.29 is 0 Å². The Morgan fingerprint density at radius 2 is 2.57 bits per heavy atom. The third-order valence-corrected chi connectivity index (χ3v) is 4.09. The summed E-state index contributed by atoms with van der Waals surface area (Å²) in [5, 5.41) is 4.72. The van der Waals surface area contributed by atoms with Gasteiger partial charge in [-0.25, -0.2) is 4.68 Å². The second kappa shape index (κ2) is 4.45. The van der Waals surface area contributed by atoms with Crippen LogP contribution in [-0.4, -0.2) is 21.3 Å². The van der Waals surface area contributed by atoms with Gasteiger partial charge in [-0.15, -0.1) is 0 Å². The highest BCUT2D eigenvalue weighted by molar-refractivity contribution is 7.99. The lowest BCUT2D eigenvalue weighted by Crippen LogP contribution is -2.19. The van der Waals surface area contributed by atoms with Gasteiger partial charge >= 0.3 is 0 Å². The number of nitrogens with two attached hydrogens (primary N) is 1. The lowest BCUT2D eigenvalue weighted by molar-refractivity contribution is 0.424. The van der Waals surface area contributed by atoms with Gasteiger partial charge in [-0.2, -0.15) is 16.9 Å². The lowest BCUT2D eigenvalue weighted by atomic mass is 10.1. The van der Waals surface area contributed by atoms with Crippen LogP contribution in [0, 0.1) is 5.92 Å². The zero-order valence-corrected chi connectivity index (χ0v) is 9.52. The number of nitrogens with zero attached hydrogens (tertiary/aromatic N) is 2. The molecule has 0 radical (unpaired) electrons. The van der Waals surface area contributed by atoms with E-state index in [0.29, 0.717) is 16.8 Å². The topological polar surface area (TPSA) is 43.8 Å². The molecule has 5 heteroatoms. The van der Waals surface area contributed by atoms with Crippen molar-refractivity contribution >= 4 is 29.2 Å². The second-order valence-electron chi connectivity index (χ2n) is 3.64. The van der Waals surface area contributed by atoms with E-state index >= 15 is 0 Å². The molecule has 1 aliphatic rings. The minimum Gasteiger partial charge on any atom is -0.383 e. The van der Waals surface area contributed by atoms with Crippen molar-refractivity contribution in [3.05, 3.63) is 11.2 Å². The predicted molar refractivity (Wildman–Crippen MR) is 61.7 cm³/mol. The molecule has 1 atom stereocenters. The maximum absolute atomic E-state index is 5.83. The zero-order valence-electron chi connectivity index (χ0n) is 7.95. The normalized spacial score (nSPS) is 22.5. The molecular formula is C9H14ClN3S. The number of aromatic nitrogens is 2. The number of rotatable bonds is 2. The van der Waals surface area contributed by atoms with Crippen LogP contribution in [-0.2, 0) is 6.54 Å². The van der Waals surface area contributed by atoms with Crippen LogP contribution in [0.15, 0.2) is 6.20 Å². The van der Waals surface area contributed by atoms with Gasteiger partial charge in [0.25, 0.3) is 0 Å². The van der Waals surface area contributed by atoms with Gasteiger partial charge in [0.1, 0.15) is 10.8 Å². The number of hydrogen-bond acceptors (Lipinski definition) is 3. The van der Waals surface area contributed by atoms with E-state index < -0.39 is 0 Å². The maximum atomic E-state index is 5.83. The third-order valence-electron chi connectivity index (χ3n) is 2.52. The molecular weight excluding hydrogens is 218 g/mol. The molecule has 1 fully saturated rings. The summed E-state index contributed by atoms with van der Waals surface area (Å²) < 4.78 is 1.82. The average molecular weight is 232 g/mol. The highest BCUT2D eigenvalue weighted by Gasteiger charge is 2.16. The molecule has 0 aromatic carbocycles. The van der Waals surface area contributed by atoms with E-state index in [1.54, 1.807) is 6.20 Å². The Hall–Kier alpha value is -0.350. The van der Waals surface area contributed by atoms with Gasteiger partial charge in [-0.05, 0) is 30.3 Å². The summed E-state index contributed by atoms with van der Waals surface area (Å²) in [4.78, 5) is 0. The van der Waals surface area contributed by atoms with Gasteiger partial charge in [0, 0.05) is 6.54 Å². The Bertz CT molecular complexity index is 307. The van der Waals surface area contributed by atoms with Gasteiger partial charge in [0.15, 0.2) is 0 Å². The number of thioether (sulfide) groups is 1. The van der Waals surface area contributed by atoms with E-state index in [0.717, 1.165) is 6.54 Å². The first kappa shape index (κ1) is 10.2. The van der Waals surface area contributed by atoms with Crippen LogP contribution >= 0.6 is 23.4 Å². The number of nitrogen functional groups attached to an aromatic ring is 1. The highest BCUT2D eigenvalue weighted by atomic mass is 35.5. The summed E-state index contributed by atoms with van der Waals surface area (Å²) in [6, 6.07) is 0. The first-order valence-electron chi connectivity index (χ1n) is 4.82. The fourth-order valence-corrected chi connectivity index (χ4v) is 3.00. The first-order chi connectivity index (χ1) is 6.77. The third kappa shape index (κ3) is 2.17. The molecule has 0 spiro atoms. The highest BCUT2D eigenvalue weighted by Crippen LogP contribution is 2.25. The summed E-state index contributed by atoms with van der Waals surface area (Å²) in [5.74, 6) is 3.82. The molecule has 0 aliphatic carbocycles. The predicted octanol–water partition coefficient (Wildman–Crippen LogP) is 2.26. The molecule has 0 amide bonds. The van der Waals surface area contributed by atoms with Crippen molar-refractivity contribution in [2.75, 3.05) is 17.2 Å². The standard InChI is InChI=1S/C9H14ClN3S/c10-8-4-12-13(9(8)11)5-7-2-1-3-14-6-7/h4,7H,1-3,5-6,11H2. The number of halogens is 1. The molecule has 1 aliphatic heterocycles. The molecule has 0 saturated carbocycles. The number of anilines is 1. The fraction of sp³-hybridized carbons (Fsp3) is 0.667. The molecule has 14 heavy (non-hydrogen) atoms. The van der Waals surface area contributed by atoms with Gasteiger partial charge in [0.05, 0.1) is 6.20 Å². The summed E-state index contributed by atoms with van der Waals surface area (Å²) in [6.07, 6.45) is 4.21. The minimum atomic E-state index is 0.563. The molecule has 2 heterocycles. The molecule has 78 valence electrons. The Balaban J connectivity index is 1.99. The van der Waals surface area contributed by atoms with Crippen molar-refractivity contribution in [2.24, 2.45) is 5.92 Å². The average Bonchev–Trinajstić information content (AvgIpc) is 2.52. The largest absolute Gasteiger partial charge is 0.383 e. The molecule has 3 nitrogen and oxygen atoms in total. The van der Waals surface area contributed by atoms with Gasteiger partial charge in [-0.3, -0.25) is 0 Å². The van der Waals surface area contributed by atoms with E-state index in [1.807, 2.05) is 16.4 Å². The Labute approximate surface area is 93.0 Å². The second-order valence-corrected chi connectivity index (χ2v) is 5.20. The van der Waals surface area contributed by atoms with Crippen molar-refractivity contribution in [2.45, 2.75) is 19.4 Å². The van der Waals surface area contributed by atoms with E-state index in [-0.39, 0.29) is 0 Å². The molecule has 1 saturated heterocycles. The van der Waals surface area contributed by atoms with E-state index in [4.69, 9.17) is 17.3 Å². The molecule has 1 aromatic heterocycles. The summed E-state index contributed by atoms with van der Waals surface area (Å²) in [7, 11) is 0. The Morgan fingerprint density at radius 1 is 1.71 bits per heavy atom. The molecule has 1 unspecified atom stereocenters. The van der Waals surface area contributed by atoms with Crippen molar-refractivity contribution in [1.82, 2.24) is 9.78 Å². The monoisotopic (exact) mass is 231 g/mol. The molecule has 2 rings (SSSR count). The van der Waals surface area contributed by atoms with Crippen LogP contribution in [0.5, 0.6) is 0 Å². The minimum absolute atomic E-state index is 0.563. The van der Waals surface area contributed by atoms with E-state index in [2.05, 4.69) is 5.10 Å². The van der Waals surface area contributed by atoms with E-state index in [1.165, 1.54) is 24.3 Å². The smallest absolute Gasteiger partial charge is 0.140 e. The van der Waals surface area contributed by atoms with Crippen LogP contribution in [0.25, 0.3) is 0 Å². The number of hydrogen-bond donors (Lipinski definition) is 1. The van der Waals surface area contributed by atoms with Gasteiger partial charge in [0.2, 0.25) is 0 Å². The van der Waals surface area contributed by atoms with Crippen LogP contribution in [0.1, 0.15) is 12.8 Å². The Morgan fingerprint density at radius 3 is 3.14 bits per heavy atom. The van der Waals surface area contributed by atoms with Gasteiger partial charge < -0.3 is 5.73 Å². The van der Waals surface area contributed by atoms with Crippen LogP contribution in [0.4, 0.5) is 5.82 Å². The molecule has 2 N–H and O–H groups in total. The zero-order chi connectivity index (χ0) is 9.97. The quantitative estimate of drug-likeness (QED) is 0.849. The summed E-state index contributed by atoms with van der Waals surface area (Å²) in [5.41, 5.74) is 5.78. The van der Waals surface area contributed by atoms with Crippen LogP contribution in [0.3, 0.4) is 0 Å². The summed E-state index contributed by atoms with van der Waals surface area (Å²) >= 11 is 7.85. The first-order valence-corrected chi connectivity index (χ1v) is 6.35. The Kier molecular flexibility index (Phi) is 3.23. The fourth-order valence-electron chi connectivity index (χ4n) is 1.71.